The summed E-state index contributed by atoms with van der Waals surface area (Å²) < 4.78 is 11.8. The Hall–Kier alpha value is -1.66. The van der Waals surface area contributed by atoms with E-state index in [4.69, 9.17) is 9.16 Å². The van der Waals surface area contributed by atoms with E-state index in [9.17, 15) is 9.59 Å². The first-order valence-corrected chi connectivity index (χ1v) is 11.9. The number of carbonyl (C=O) groups is 2. The molecule has 1 rings (SSSR count). The second kappa shape index (κ2) is 8.35. The average molecular weight is 380 g/mol. The maximum absolute atomic E-state index is 12.2. The Kier molecular flexibility index (Phi) is 7.19. The molecule has 2 atom stereocenters. The van der Waals surface area contributed by atoms with E-state index in [2.05, 4.69) is 39.2 Å². The lowest BCUT2D eigenvalue weighted by Gasteiger charge is -2.40. The standard InChI is InChI=1S/C20H33NO4Si/c1-19(2,3)24-18(23)21-16(14-22)17(15-12-10-9-11-13-15)25-26(7,8)20(4,5)6/h9-14,16-17H,1-8H3,(H,21,23)/t16-,17-/m0/s1. The molecule has 0 unspecified atom stereocenters. The molecule has 146 valence electrons. The number of nitrogens with one attached hydrogen (secondary N) is 1. The fourth-order valence-corrected chi connectivity index (χ4v) is 3.38. The summed E-state index contributed by atoms with van der Waals surface area (Å²) in [4.78, 5) is 24.0. The monoisotopic (exact) mass is 379 g/mol. The Morgan fingerprint density at radius 2 is 1.62 bits per heavy atom. The molecule has 0 radical (unpaired) electrons. The fraction of sp³-hybridized carbons (Fsp3) is 0.600. The molecule has 0 aliphatic heterocycles. The van der Waals surface area contributed by atoms with Crippen molar-refractivity contribution in [3.05, 3.63) is 35.9 Å². The van der Waals surface area contributed by atoms with Gasteiger partial charge in [0.25, 0.3) is 0 Å². The van der Waals surface area contributed by atoms with Gasteiger partial charge in [-0.05, 0) is 44.5 Å². The normalized spacial score (nSPS) is 15.1. The molecule has 0 aromatic heterocycles. The van der Waals surface area contributed by atoms with E-state index in [0.717, 1.165) is 5.56 Å². The van der Waals surface area contributed by atoms with Gasteiger partial charge in [0.2, 0.25) is 0 Å². The highest BCUT2D eigenvalue weighted by molar-refractivity contribution is 6.74. The van der Waals surface area contributed by atoms with Crippen LogP contribution in [0.4, 0.5) is 4.79 Å². The topological polar surface area (TPSA) is 64.6 Å². The first-order valence-electron chi connectivity index (χ1n) is 8.94. The minimum Gasteiger partial charge on any atom is -0.444 e. The maximum atomic E-state index is 12.2. The van der Waals surface area contributed by atoms with E-state index >= 15 is 0 Å². The highest BCUT2D eigenvalue weighted by atomic mass is 28.4. The van der Waals surface area contributed by atoms with Gasteiger partial charge in [-0.3, -0.25) is 0 Å². The van der Waals surface area contributed by atoms with Crippen molar-refractivity contribution < 1.29 is 18.8 Å². The van der Waals surface area contributed by atoms with Crippen LogP contribution in [-0.2, 0) is 14.0 Å². The fourth-order valence-electron chi connectivity index (χ4n) is 2.11. The summed E-state index contributed by atoms with van der Waals surface area (Å²) in [5.41, 5.74) is 0.213. The minimum absolute atomic E-state index is 0.0284. The van der Waals surface area contributed by atoms with Gasteiger partial charge >= 0.3 is 6.09 Å². The van der Waals surface area contributed by atoms with Crippen molar-refractivity contribution in [2.75, 3.05) is 0 Å². The third kappa shape index (κ3) is 6.57. The number of rotatable bonds is 6. The first kappa shape index (κ1) is 22.4. The molecule has 1 N–H and O–H groups in total. The predicted molar refractivity (Wildman–Crippen MR) is 107 cm³/mol. The summed E-state index contributed by atoms with van der Waals surface area (Å²) in [6, 6.07) is 8.68. The number of amides is 1. The van der Waals surface area contributed by atoms with Crippen LogP contribution in [0.15, 0.2) is 30.3 Å². The summed E-state index contributed by atoms with van der Waals surface area (Å²) >= 11 is 0. The lowest BCUT2D eigenvalue weighted by Crippen LogP contribution is -2.49. The molecule has 0 bridgehead atoms. The van der Waals surface area contributed by atoms with Crippen LogP contribution < -0.4 is 5.32 Å². The molecule has 1 aromatic rings. The van der Waals surface area contributed by atoms with E-state index in [1.54, 1.807) is 20.8 Å². The Morgan fingerprint density at radius 3 is 2.04 bits per heavy atom. The van der Waals surface area contributed by atoms with Crippen LogP contribution in [0.2, 0.25) is 18.1 Å². The molecule has 5 nitrogen and oxygen atoms in total. The molecule has 0 fully saturated rings. The number of carbonyl (C=O) groups excluding carboxylic acids is 2. The lowest BCUT2D eigenvalue weighted by molar-refractivity contribution is -0.111. The molecule has 0 aliphatic rings. The average Bonchev–Trinajstić information content (AvgIpc) is 2.48. The predicted octanol–water partition coefficient (Wildman–Crippen LogP) is 4.84. The molecular formula is C20H33NO4Si. The lowest BCUT2D eigenvalue weighted by atomic mass is 10.0. The molecule has 1 aromatic carbocycles. The molecule has 0 heterocycles. The molecule has 0 saturated carbocycles. The van der Waals surface area contributed by atoms with Crippen molar-refractivity contribution in [3.63, 3.8) is 0 Å². The number of alkyl carbamates (subject to hydrolysis) is 1. The zero-order chi connectivity index (χ0) is 20.2. The Labute approximate surface area is 158 Å². The third-order valence-electron chi connectivity index (χ3n) is 4.51. The van der Waals surface area contributed by atoms with Crippen molar-refractivity contribution in [3.8, 4) is 0 Å². The Morgan fingerprint density at radius 1 is 1.08 bits per heavy atom. The van der Waals surface area contributed by atoms with Gasteiger partial charge < -0.3 is 19.3 Å². The van der Waals surface area contributed by atoms with E-state index in [0.29, 0.717) is 6.29 Å². The van der Waals surface area contributed by atoms with Crippen LogP contribution in [0.25, 0.3) is 0 Å². The molecule has 0 spiro atoms. The number of ether oxygens (including phenoxy) is 1. The van der Waals surface area contributed by atoms with Crippen LogP contribution in [0.5, 0.6) is 0 Å². The van der Waals surface area contributed by atoms with E-state index in [1.807, 2.05) is 30.3 Å². The van der Waals surface area contributed by atoms with Gasteiger partial charge in [0.15, 0.2) is 8.32 Å². The van der Waals surface area contributed by atoms with Crippen molar-refractivity contribution in [2.24, 2.45) is 0 Å². The van der Waals surface area contributed by atoms with Gasteiger partial charge in [-0.25, -0.2) is 4.79 Å². The number of benzene rings is 1. The highest BCUT2D eigenvalue weighted by Gasteiger charge is 2.41. The smallest absolute Gasteiger partial charge is 0.408 e. The summed E-state index contributed by atoms with van der Waals surface area (Å²) in [5, 5.41) is 2.64. The maximum Gasteiger partial charge on any atom is 0.408 e. The van der Waals surface area contributed by atoms with Crippen LogP contribution in [0.1, 0.15) is 53.2 Å². The molecule has 1 amide bonds. The molecule has 6 heteroatoms. The Balaban J connectivity index is 3.14. The third-order valence-corrected chi connectivity index (χ3v) is 8.97. The first-order chi connectivity index (χ1) is 11.8. The molecular weight excluding hydrogens is 346 g/mol. The summed E-state index contributed by atoms with van der Waals surface area (Å²) in [6.45, 7) is 16.0. The van der Waals surface area contributed by atoms with Crippen LogP contribution >= 0.6 is 0 Å². The summed E-state index contributed by atoms with van der Waals surface area (Å²) in [7, 11) is -2.18. The van der Waals surface area contributed by atoms with Gasteiger partial charge in [-0.1, -0.05) is 51.1 Å². The number of aldehydes is 1. The minimum atomic E-state index is -2.18. The van der Waals surface area contributed by atoms with Gasteiger partial charge in [0, 0.05) is 0 Å². The molecule has 0 aliphatic carbocycles. The van der Waals surface area contributed by atoms with Crippen molar-refractivity contribution in [2.45, 2.75) is 77.4 Å². The van der Waals surface area contributed by atoms with Gasteiger partial charge in [0.1, 0.15) is 17.9 Å². The van der Waals surface area contributed by atoms with Crippen molar-refractivity contribution >= 4 is 20.7 Å². The molecule has 26 heavy (non-hydrogen) atoms. The Bertz CT molecular complexity index is 602. The summed E-state index contributed by atoms with van der Waals surface area (Å²) in [6.07, 6.45) is -0.481. The van der Waals surface area contributed by atoms with Crippen LogP contribution in [-0.4, -0.2) is 32.3 Å². The quantitative estimate of drug-likeness (QED) is 0.567. The van der Waals surface area contributed by atoms with Crippen LogP contribution in [0, 0.1) is 0 Å². The van der Waals surface area contributed by atoms with Crippen LogP contribution in [0.3, 0.4) is 0 Å². The highest BCUT2D eigenvalue weighted by Crippen LogP contribution is 2.40. The second-order valence-electron chi connectivity index (χ2n) is 9.02. The van der Waals surface area contributed by atoms with Gasteiger partial charge in [0.05, 0.1) is 6.10 Å². The van der Waals surface area contributed by atoms with E-state index < -0.39 is 32.2 Å². The number of hydrogen-bond donors (Lipinski definition) is 1. The summed E-state index contributed by atoms with van der Waals surface area (Å²) in [5.74, 6) is 0. The zero-order valence-electron chi connectivity index (χ0n) is 17.3. The molecule has 0 saturated heterocycles. The van der Waals surface area contributed by atoms with E-state index in [1.165, 1.54) is 0 Å². The van der Waals surface area contributed by atoms with Gasteiger partial charge in [-0.15, -0.1) is 0 Å². The second-order valence-corrected chi connectivity index (χ2v) is 13.8. The van der Waals surface area contributed by atoms with Crippen molar-refractivity contribution in [1.29, 1.82) is 0 Å². The van der Waals surface area contributed by atoms with Crippen molar-refractivity contribution in [1.82, 2.24) is 5.32 Å². The van der Waals surface area contributed by atoms with Gasteiger partial charge in [-0.2, -0.15) is 0 Å². The zero-order valence-corrected chi connectivity index (χ0v) is 18.3. The van der Waals surface area contributed by atoms with E-state index in [-0.39, 0.29) is 5.04 Å². The largest absolute Gasteiger partial charge is 0.444 e. The number of hydrogen-bond acceptors (Lipinski definition) is 4. The SMILES string of the molecule is CC(C)(C)OC(=O)N[C@@H](C=O)[C@@H](O[Si](C)(C)C(C)(C)C)c1ccccc1.